The molecule has 0 saturated heterocycles. The summed E-state index contributed by atoms with van der Waals surface area (Å²) in [7, 11) is 0. The molecule has 0 bridgehead atoms. The zero-order chi connectivity index (χ0) is 16.4. The van der Waals surface area contributed by atoms with Crippen molar-refractivity contribution in [1.29, 1.82) is 0 Å². The van der Waals surface area contributed by atoms with E-state index in [9.17, 15) is 4.79 Å². The minimum absolute atomic E-state index is 0.416. The van der Waals surface area contributed by atoms with Crippen LogP contribution in [0.3, 0.4) is 0 Å². The van der Waals surface area contributed by atoms with Crippen LogP contribution in [0.4, 0.5) is 0 Å². The van der Waals surface area contributed by atoms with Gasteiger partial charge in [-0.1, -0.05) is 30.3 Å². The average Bonchev–Trinajstić information content (AvgIpc) is 3.13. The van der Waals surface area contributed by atoms with Gasteiger partial charge in [0, 0.05) is 11.6 Å². The number of rotatable bonds is 3. The predicted molar refractivity (Wildman–Crippen MR) is 89.9 cm³/mol. The number of thiazole rings is 1. The lowest BCUT2D eigenvalue weighted by atomic mass is 10.2. The topological polar surface area (TPSA) is 57.7 Å². The highest BCUT2D eigenvalue weighted by atomic mass is 32.1. The van der Waals surface area contributed by atoms with Crippen LogP contribution in [-0.2, 0) is 0 Å². The van der Waals surface area contributed by atoms with E-state index < -0.39 is 5.97 Å². The molecule has 2 aromatic carbocycles. The van der Waals surface area contributed by atoms with Gasteiger partial charge in [-0.25, -0.2) is 9.78 Å². The van der Waals surface area contributed by atoms with Crippen LogP contribution >= 0.6 is 11.3 Å². The van der Waals surface area contributed by atoms with Crippen molar-refractivity contribution in [2.45, 2.75) is 0 Å². The molecule has 120 valence electrons. The molecule has 0 aliphatic carbocycles. The quantitative estimate of drug-likeness (QED) is 0.536. The highest BCUT2D eigenvalue weighted by Gasteiger charge is 2.17. The van der Waals surface area contributed by atoms with Gasteiger partial charge in [0.15, 0.2) is 11.5 Å². The van der Waals surface area contributed by atoms with E-state index in [-0.39, 0.29) is 0 Å². The highest BCUT2D eigenvalue weighted by Crippen LogP contribution is 2.34. The summed E-state index contributed by atoms with van der Waals surface area (Å²) >= 11 is 1.30. The van der Waals surface area contributed by atoms with Crippen molar-refractivity contribution < 1.29 is 19.0 Å². The molecule has 0 atom stereocenters. The zero-order valence-electron chi connectivity index (χ0n) is 12.6. The SMILES string of the molecule is O=C(Oc1ccc2c(c1)OCCO2)c1cnc(-c2ccccc2)s1. The van der Waals surface area contributed by atoms with Gasteiger partial charge in [0.1, 0.15) is 28.8 Å². The second kappa shape index (κ2) is 6.33. The van der Waals surface area contributed by atoms with E-state index in [4.69, 9.17) is 14.2 Å². The number of hydrogen-bond donors (Lipinski definition) is 0. The van der Waals surface area contributed by atoms with E-state index in [2.05, 4.69) is 4.98 Å². The summed E-state index contributed by atoms with van der Waals surface area (Å²) in [6.45, 7) is 1.01. The monoisotopic (exact) mass is 339 g/mol. The number of aromatic nitrogens is 1. The molecule has 1 aliphatic heterocycles. The van der Waals surface area contributed by atoms with Crippen molar-refractivity contribution in [3.8, 4) is 27.8 Å². The summed E-state index contributed by atoms with van der Waals surface area (Å²) in [5.41, 5.74) is 0.973. The van der Waals surface area contributed by atoms with E-state index in [1.54, 1.807) is 18.2 Å². The first-order valence-electron chi connectivity index (χ1n) is 7.43. The number of ether oxygens (including phenoxy) is 3. The predicted octanol–water partition coefficient (Wildman–Crippen LogP) is 3.80. The van der Waals surface area contributed by atoms with Crippen LogP contribution in [0.25, 0.3) is 10.6 Å². The molecule has 3 aromatic rings. The molecule has 0 fully saturated rings. The van der Waals surface area contributed by atoms with Crippen molar-refractivity contribution in [3.05, 3.63) is 59.6 Å². The van der Waals surface area contributed by atoms with Crippen LogP contribution < -0.4 is 14.2 Å². The molecule has 0 amide bonds. The second-order valence-electron chi connectivity index (χ2n) is 5.09. The smallest absolute Gasteiger partial charge is 0.355 e. The van der Waals surface area contributed by atoms with Crippen LogP contribution in [0.15, 0.2) is 54.7 Å². The van der Waals surface area contributed by atoms with Crippen molar-refractivity contribution in [2.75, 3.05) is 13.2 Å². The number of carbonyl (C=O) groups is 1. The van der Waals surface area contributed by atoms with Gasteiger partial charge in [0.05, 0.1) is 6.20 Å². The van der Waals surface area contributed by atoms with Crippen LogP contribution in [0, 0.1) is 0 Å². The summed E-state index contributed by atoms with van der Waals surface area (Å²) < 4.78 is 16.3. The summed E-state index contributed by atoms with van der Waals surface area (Å²) in [6.07, 6.45) is 1.54. The number of hydrogen-bond acceptors (Lipinski definition) is 6. The molecule has 0 saturated carbocycles. The Balaban J connectivity index is 1.51. The second-order valence-corrected chi connectivity index (χ2v) is 6.12. The highest BCUT2D eigenvalue weighted by molar-refractivity contribution is 7.16. The van der Waals surface area contributed by atoms with Crippen molar-refractivity contribution in [2.24, 2.45) is 0 Å². The Morgan fingerprint density at radius 1 is 1.04 bits per heavy atom. The fourth-order valence-corrected chi connectivity index (χ4v) is 3.13. The summed E-state index contributed by atoms with van der Waals surface area (Å²) in [4.78, 5) is 17.0. The lowest BCUT2D eigenvalue weighted by Gasteiger charge is -2.18. The molecular formula is C18H13NO4S. The van der Waals surface area contributed by atoms with Gasteiger partial charge in [-0.2, -0.15) is 0 Å². The van der Waals surface area contributed by atoms with Gasteiger partial charge in [0.2, 0.25) is 0 Å². The largest absolute Gasteiger partial charge is 0.486 e. The lowest BCUT2D eigenvalue weighted by Crippen LogP contribution is -2.15. The summed E-state index contributed by atoms with van der Waals surface area (Å²) in [5, 5.41) is 0.782. The first kappa shape index (κ1) is 14.7. The minimum atomic E-state index is -0.439. The first-order chi connectivity index (χ1) is 11.8. The van der Waals surface area contributed by atoms with Crippen LogP contribution in [0.2, 0.25) is 0 Å². The Hall–Kier alpha value is -2.86. The van der Waals surface area contributed by atoms with Crippen molar-refractivity contribution in [1.82, 2.24) is 4.98 Å². The molecule has 0 unspecified atom stereocenters. The van der Waals surface area contributed by atoms with Crippen LogP contribution in [-0.4, -0.2) is 24.2 Å². The molecule has 2 heterocycles. The molecule has 1 aliphatic rings. The number of esters is 1. The number of carbonyl (C=O) groups excluding carboxylic acids is 1. The van der Waals surface area contributed by atoms with Gasteiger partial charge in [0.25, 0.3) is 0 Å². The third-order valence-corrected chi connectivity index (χ3v) is 4.48. The minimum Gasteiger partial charge on any atom is -0.486 e. The summed E-state index contributed by atoms with van der Waals surface area (Å²) in [5.74, 6) is 1.22. The van der Waals surface area contributed by atoms with E-state index in [1.807, 2.05) is 30.3 Å². The van der Waals surface area contributed by atoms with E-state index in [0.717, 1.165) is 10.6 Å². The zero-order valence-corrected chi connectivity index (χ0v) is 13.4. The van der Waals surface area contributed by atoms with Crippen molar-refractivity contribution >= 4 is 17.3 Å². The Labute approximate surface area is 142 Å². The Bertz CT molecular complexity index is 876. The average molecular weight is 339 g/mol. The van der Waals surface area contributed by atoms with Gasteiger partial charge in [-0.05, 0) is 12.1 Å². The van der Waals surface area contributed by atoms with Gasteiger partial charge >= 0.3 is 5.97 Å². The maximum atomic E-state index is 12.3. The normalized spacial score (nSPS) is 12.7. The Morgan fingerprint density at radius 2 is 1.83 bits per heavy atom. The lowest BCUT2D eigenvalue weighted by molar-refractivity contribution is 0.0738. The fraction of sp³-hybridized carbons (Fsp3) is 0.111. The van der Waals surface area contributed by atoms with Gasteiger partial charge in [-0.15, -0.1) is 11.3 Å². The maximum absolute atomic E-state index is 12.3. The molecule has 5 nitrogen and oxygen atoms in total. The number of benzene rings is 2. The third-order valence-electron chi connectivity index (χ3n) is 3.45. The van der Waals surface area contributed by atoms with Gasteiger partial charge < -0.3 is 14.2 Å². The summed E-state index contributed by atoms with van der Waals surface area (Å²) in [6, 6.07) is 14.8. The first-order valence-corrected chi connectivity index (χ1v) is 8.24. The fourth-order valence-electron chi connectivity index (χ4n) is 2.33. The molecule has 1 aromatic heterocycles. The van der Waals surface area contributed by atoms with E-state index in [0.29, 0.717) is 35.3 Å². The molecule has 0 radical (unpaired) electrons. The maximum Gasteiger partial charge on any atom is 0.355 e. The standard InChI is InChI=1S/C18H13NO4S/c20-18(16-11-19-17(24-16)12-4-2-1-3-5-12)23-13-6-7-14-15(10-13)22-9-8-21-14/h1-7,10-11H,8-9H2. The Morgan fingerprint density at radius 3 is 2.67 bits per heavy atom. The number of nitrogens with zero attached hydrogens (tertiary/aromatic N) is 1. The van der Waals surface area contributed by atoms with E-state index >= 15 is 0 Å². The molecule has 0 N–H and O–H groups in total. The van der Waals surface area contributed by atoms with E-state index in [1.165, 1.54) is 17.5 Å². The molecule has 0 spiro atoms. The molecule has 6 heteroatoms. The molecule has 4 rings (SSSR count). The Kier molecular flexibility index (Phi) is 3.88. The van der Waals surface area contributed by atoms with Gasteiger partial charge in [-0.3, -0.25) is 0 Å². The van der Waals surface area contributed by atoms with Crippen LogP contribution in [0.5, 0.6) is 17.2 Å². The molecular weight excluding hydrogens is 326 g/mol. The number of fused-ring (bicyclic) bond motifs is 1. The van der Waals surface area contributed by atoms with Crippen LogP contribution in [0.1, 0.15) is 9.67 Å². The third kappa shape index (κ3) is 2.96. The molecule has 24 heavy (non-hydrogen) atoms. The van der Waals surface area contributed by atoms with Crippen molar-refractivity contribution in [3.63, 3.8) is 0 Å².